The van der Waals surface area contributed by atoms with E-state index >= 15 is 0 Å². The number of aliphatic hydroxyl groups is 2. The Morgan fingerprint density at radius 3 is 2.64 bits per heavy atom. The van der Waals surface area contributed by atoms with Gasteiger partial charge in [-0.1, -0.05) is 0 Å². The van der Waals surface area contributed by atoms with Gasteiger partial charge in [0.2, 0.25) is 0 Å². The van der Waals surface area contributed by atoms with E-state index in [0.29, 0.717) is 0 Å². The Morgan fingerprint density at radius 1 is 1.64 bits per heavy atom. The van der Waals surface area contributed by atoms with Crippen molar-refractivity contribution in [2.24, 2.45) is 0 Å². The molecule has 0 spiro atoms. The fourth-order valence-corrected chi connectivity index (χ4v) is 1.30. The summed E-state index contributed by atoms with van der Waals surface area (Å²) < 4.78 is 5.04. The van der Waals surface area contributed by atoms with Crippen LogP contribution >= 0.6 is 0 Å². The first-order valence-corrected chi connectivity index (χ1v) is 3.58. The quantitative estimate of drug-likeness (QED) is 0.399. The summed E-state index contributed by atoms with van der Waals surface area (Å²) in [6.45, 7) is -0.129. The molecule has 0 amide bonds. The Hall–Kier alpha value is -0.0951. The number of rotatable bonds is 2. The van der Waals surface area contributed by atoms with Gasteiger partial charge in [-0.3, -0.25) is 0 Å². The predicted molar refractivity (Wildman–Crippen MR) is 40.4 cm³/mol. The van der Waals surface area contributed by atoms with E-state index in [1.165, 1.54) is 0 Å². The SMILES string of the molecule is [B][C@@H]1O[C@H](CO)C(NC)[C@@H]1O. The van der Waals surface area contributed by atoms with Crippen molar-refractivity contribution in [3.05, 3.63) is 0 Å². The second-order valence-electron chi connectivity index (χ2n) is 2.63. The van der Waals surface area contributed by atoms with Crippen LogP contribution < -0.4 is 5.32 Å². The molecule has 0 aromatic rings. The lowest BCUT2D eigenvalue weighted by Gasteiger charge is -2.17. The monoisotopic (exact) mass is 157 g/mol. The zero-order valence-electron chi connectivity index (χ0n) is 6.40. The summed E-state index contributed by atoms with van der Waals surface area (Å²) in [4.78, 5) is 0. The molecule has 62 valence electrons. The molecule has 0 aromatic heterocycles. The van der Waals surface area contributed by atoms with Crippen LogP contribution in [-0.2, 0) is 4.74 Å². The molecular weight excluding hydrogens is 145 g/mol. The number of likely N-dealkylation sites (N-methyl/N-ethyl adjacent to an activating group) is 1. The van der Waals surface area contributed by atoms with Crippen LogP contribution in [0.1, 0.15) is 0 Å². The lowest BCUT2D eigenvalue weighted by molar-refractivity contribution is 0.0277. The molecule has 1 saturated heterocycles. The number of ether oxygens (including phenoxy) is 1. The van der Waals surface area contributed by atoms with Gasteiger partial charge in [0.05, 0.1) is 24.9 Å². The van der Waals surface area contributed by atoms with Gasteiger partial charge in [0.15, 0.2) is 0 Å². The maximum atomic E-state index is 9.34. The van der Waals surface area contributed by atoms with Gasteiger partial charge in [-0.15, -0.1) is 0 Å². The zero-order chi connectivity index (χ0) is 8.43. The van der Waals surface area contributed by atoms with Crippen LogP contribution in [0.15, 0.2) is 0 Å². The molecule has 4 nitrogen and oxygen atoms in total. The highest BCUT2D eigenvalue weighted by molar-refractivity contribution is 6.11. The largest absolute Gasteiger partial charge is 0.394 e. The van der Waals surface area contributed by atoms with E-state index in [4.69, 9.17) is 17.7 Å². The summed E-state index contributed by atoms with van der Waals surface area (Å²) in [7, 11) is 7.08. The van der Waals surface area contributed by atoms with Crippen LogP contribution in [0, 0.1) is 0 Å². The van der Waals surface area contributed by atoms with Gasteiger partial charge in [0.1, 0.15) is 7.85 Å². The number of nitrogens with one attached hydrogen (secondary N) is 1. The molecule has 1 fully saturated rings. The number of aliphatic hydroxyl groups excluding tert-OH is 2. The van der Waals surface area contributed by atoms with Gasteiger partial charge in [-0.25, -0.2) is 0 Å². The third-order valence-corrected chi connectivity index (χ3v) is 1.95. The van der Waals surface area contributed by atoms with Crippen molar-refractivity contribution < 1.29 is 14.9 Å². The lowest BCUT2D eigenvalue weighted by atomic mass is 9.92. The molecule has 3 N–H and O–H groups in total. The molecule has 5 heteroatoms. The van der Waals surface area contributed by atoms with E-state index in [0.717, 1.165) is 0 Å². The predicted octanol–water partition coefficient (Wildman–Crippen LogP) is -2.18. The van der Waals surface area contributed by atoms with Crippen molar-refractivity contribution in [2.45, 2.75) is 24.3 Å². The van der Waals surface area contributed by atoms with Crippen molar-refractivity contribution in [1.29, 1.82) is 0 Å². The number of hydrogen-bond acceptors (Lipinski definition) is 4. The first kappa shape index (κ1) is 9.00. The summed E-state index contributed by atoms with van der Waals surface area (Å²) in [6.07, 6.45) is -1.14. The van der Waals surface area contributed by atoms with Crippen LogP contribution in [0.5, 0.6) is 0 Å². The zero-order valence-corrected chi connectivity index (χ0v) is 6.40. The Bertz CT molecular complexity index is 135. The van der Waals surface area contributed by atoms with Crippen LogP contribution in [0.4, 0.5) is 0 Å². The van der Waals surface area contributed by atoms with Crippen LogP contribution in [0.2, 0.25) is 0 Å². The highest BCUT2D eigenvalue weighted by Crippen LogP contribution is 2.18. The van der Waals surface area contributed by atoms with E-state index in [-0.39, 0.29) is 12.6 Å². The average Bonchev–Trinajstić information content (AvgIpc) is 2.28. The summed E-state index contributed by atoms with van der Waals surface area (Å²) in [5.41, 5.74) is 0. The summed E-state index contributed by atoms with van der Waals surface area (Å²) in [6, 6.07) is -0.959. The minimum atomic E-state index is -0.739. The summed E-state index contributed by atoms with van der Waals surface area (Å²) >= 11 is 0. The molecule has 1 aliphatic rings. The molecular formula is C6H12BNO3. The van der Waals surface area contributed by atoms with Gasteiger partial charge in [0.25, 0.3) is 0 Å². The molecule has 1 rings (SSSR count). The van der Waals surface area contributed by atoms with Crippen LogP contribution in [-0.4, -0.2) is 56.0 Å². The fourth-order valence-electron chi connectivity index (χ4n) is 1.30. The molecule has 1 aliphatic heterocycles. The minimum Gasteiger partial charge on any atom is -0.394 e. The van der Waals surface area contributed by atoms with E-state index in [1.807, 2.05) is 0 Å². The molecule has 0 aromatic carbocycles. The highest BCUT2D eigenvalue weighted by Gasteiger charge is 2.39. The number of hydrogen-bond donors (Lipinski definition) is 3. The van der Waals surface area contributed by atoms with Crippen LogP contribution in [0.3, 0.4) is 0 Å². The molecule has 11 heavy (non-hydrogen) atoms. The first-order chi connectivity index (χ1) is 5.20. The molecule has 0 aliphatic carbocycles. The summed E-state index contributed by atoms with van der Waals surface area (Å²) in [5, 5.41) is 20.9. The Balaban J connectivity index is 2.57. The van der Waals surface area contributed by atoms with E-state index < -0.39 is 18.2 Å². The molecule has 0 saturated carbocycles. The normalized spacial score (nSPS) is 44.6. The maximum Gasteiger partial charge on any atom is 0.112 e. The minimum absolute atomic E-state index is 0.129. The van der Waals surface area contributed by atoms with E-state index in [9.17, 15) is 5.11 Å². The van der Waals surface area contributed by atoms with Crippen molar-refractivity contribution >= 4 is 7.85 Å². The third kappa shape index (κ3) is 1.56. The Morgan fingerprint density at radius 2 is 2.27 bits per heavy atom. The standard InChI is InChI=1S/C6H12BNO3/c1-8-4-3(2-9)11-6(7)5(4)10/h3-6,8-10H,2H2,1H3/t3-,4?,5+,6-/m1/s1. The van der Waals surface area contributed by atoms with Crippen molar-refractivity contribution in [1.82, 2.24) is 5.32 Å². The molecule has 1 heterocycles. The van der Waals surface area contributed by atoms with Crippen molar-refractivity contribution in [3.63, 3.8) is 0 Å². The van der Waals surface area contributed by atoms with Crippen molar-refractivity contribution in [3.8, 4) is 0 Å². The maximum absolute atomic E-state index is 9.34. The van der Waals surface area contributed by atoms with Gasteiger partial charge in [-0.05, 0) is 7.05 Å². The van der Waals surface area contributed by atoms with Crippen LogP contribution in [0.25, 0.3) is 0 Å². The third-order valence-electron chi connectivity index (χ3n) is 1.95. The molecule has 1 unspecified atom stereocenters. The smallest absolute Gasteiger partial charge is 0.112 e. The lowest BCUT2D eigenvalue weighted by Crippen LogP contribution is -2.44. The molecule has 4 atom stereocenters. The van der Waals surface area contributed by atoms with Gasteiger partial charge < -0.3 is 20.3 Å². The van der Waals surface area contributed by atoms with E-state index in [1.54, 1.807) is 7.05 Å². The van der Waals surface area contributed by atoms with Gasteiger partial charge >= 0.3 is 0 Å². The fraction of sp³-hybridized carbons (Fsp3) is 1.00. The first-order valence-electron chi connectivity index (χ1n) is 3.58. The van der Waals surface area contributed by atoms with Crippen molar-refractivity contribution in [2.75, 3.05) is 13.7 Å². The Kier molecular flexibility index (Phi) is 2.89. The van der Waals surface area contributed by atoms with E-state index in [2.05, 4.69) is 5.32 Å². The average molecular weight is 157 g/mol. The molecule has 0 bridgehead atoms. The highest BCUT2D eigenvalue weighted by atomic mass is 16.5. The second-order valence-corrected chi connectivity index (χ2v) is 2.63. The summed E-state index contributed by atoms with van der Waals surface area (Å²) in [5.74, 6) is 0. The van der Waals surface area contributed by atoms with Gasteiger partial charge in [-0.2, -0.15) is 0 Å². The molecule has 2 radical (unpaired) electrons. The second kappa shape index (κ2) is 3.54. The Labute approximate surface area is 67.0 Å². The topological polar surface area (TPSA) is 61.7 Å². The van der Waals surface area contributed by atoms with Gasteiger partial charge in [0, 0.05) is 6.00 Å².